The highest BCUT2D eigenvalue weighted by molar-refractivity contribution is 5.64. The number of nitrogens with one attached hydrogen (secondary N) is 1. The predicted molar refractivity (Wildman–Crippen MR) is 72.1 cm³/mol. The van der Waals surface area contributed by atoms with Crippen LogP contribution in [0.5, 0.6) is 0 Å². The molecule has 0 unspecified atom stereocenters. The number of anilines is 2. The SMILES string of the molecule is N#Cc1cc(N)ccc1NC1(CO)CCCCC1. The molecule has 0 bridgehead atoms. The van der Waals surface area contributed by atoms with Gasteiger partial charge in [-0.25, -0.2) is 0 Å². The van der Waals surface area contributed by atoms with Gasteiger partial charge in [0, 0.05) is 5.69 Å². The van der Waals surface area contributed by atoms with E-state index in [2.05, 4.69) is 11.4 Å². The van der Waals surface area contributed by atoms with Gasteiger partial charge in [-0.3, -0.25) is 0 Å². The molecule has 4 nitrogen and oxygen atoms in total. The molecule has 1 saturated carbocycles. The van der Waals surface area contributed by atoms with Crippen LogP contribution < -0.4 is 11.1 Å². The van der Waals surface area contributed by atoms with Crippen LogP contribution in [-0.4, -0.2) is 17.3 Å². The van der Waals surface area contributed by atoms with Gasteiger partial charge in [0.05, 0.1) is 23.4 Å². The molecule has 0 aromatic heterocycles. The van der Waals surface area contributed by atoms with E-state index in [1.54, 1.807) is 12.1 Å². The summed E-state index contributed by atoms with van der Waals surface area (Å²) in [5, 5.41) is 22.1. The molecule has 18 heavy (non-hydrogen) atoms. The van der Waals surface area contributed by atoms with Gasteiger partial charge in [0.15, 0.2) is 0 Å². The van der Waals surface area contributed by atoms with Gasteiger partial charge >= 0.3 is 0 Å². The average Bonchev–Trinajstić information content (AvgIpc) is 2.42. The molecule has 96 valence electrons. The molecule has 1 fully saturated rings. The largest absolute Gasteiger partial charge is 0.399 e. The van der Waals surface area contributed by atoms with Crippen LogP contribution in [0.3, 0.4) is 0 Å². The van der Waals surface area contributed by atoms with Crippen LogP contribution >= 0.6 is 0 Å². The molecule has 0 atom stereocenters. The summed E-state index contributed by atoms with van der Waals surface area (Å²) in [5.74, 6) is 0. The van der Waals surface area contributed by atoms with Crippen molar-refractivity contribution in [3.8, 4) is 6.07 Å². The Hall–Kier alpha value is -1.73. The third kappa shape index (κ3) is 2.57. The summed E-state index contributed by atoms with van der Waals surface area (Å²) in [6, 6.07) is 7.40. The smallest absolute Gasteiger partial charge is 0.101 e. The Labute approximate surface area is 107 Å². The molecule has 2 rings (SSSR count). The van der Waals surface area contributed by atoms with E-state index < -0.39 is 0 Å². The summed E-state index contributed by atoms with van der Waals surface area (Å²) >= 11 is 0. The van der Waals surface area contributed by atoms with E-state index in [-0.39, 0.29) is 12.1 Å². The molecule has 0 heterocycles. The highest BCUT2D eigenvalue weighted by Crippen LogP contribution is 2.32. The topological polar surface area (TPSA) is 82.1 Å². The highest BCUT2D eigenvalue weighted by atomic mass is 16.3. The van der Waals surface area contributed by atoms with Crippen LogP contribution in [0.2, 0.25) is 0 Å². The van der Waals surface area contributed by atoms with Gasteiger partial charge in [0.1, 0.15) is 6.07 Å². The Balaban J connectivity index is 2.24. The average molecular weight is 245 g/mol. The Morgan fingerprint density at radius 3 is 2.67 bits per heavy atom. The zero-order valence-corrected chi connectivity index (χ0v) is 10.4. The molecule has 0 radical (unpaired) electrons. The lowest BCUT2D eigenvalue weighted by atomic mass is 9.82. The van der Waals surface area contributed by atoms with Crippen LogP contribution in [0.1, 0.15) is 37.7 Å². The number of aliphatic hydroxyl groups excluding tert-OH is 1. The van der Waals surface area contributed by atoms with Crippen molar-refractivity contribution in [3.63, 3.8) is 0 Å². The fourth-order valence-corrected chi connectivity index (χ4v) is 2.60. The zero-order valence-electron chi connectivity index (χ0n) is 10.4. The second-order valence-electron chi connectivity index (χ2n) is 5.04. The molecular weight excluding hydrogens is 226 g/mol. The first kappa shape index (κ1) is 12.7. The predicted octanol–water partition coefficient (Wildman–Crippen LogP) is 2.25. The molecule has 1 aromatic rings. The van der Waals surface area contributed by atoms with E-state index in [0.29, 0.717) is 11.3 Å². The first-order chi connectivity index (χ1) is 8.69. The van der Waals surface area contributed by atoms with Crippen molar-refractivity contribution >= 4 is 11.4 Å². The molecule has 1 aliphatic rings. The summed E-state index contributed by atoms with van der Waals surface area (Å²) in [7, 11) is 0. The van der Waals surface area contributed by atoms with Crippen molar-refractivity contribution in [2.45, 2.75) is 37.6 Å². The van der Waals surface area contributed by atoms with E-state index in [1.165, 1.54) is 6.42 Å². The van der Waals surface area contributed by atoms with Crippen LogP contribution in [-0.2, 0) is 0 Å². The monoisotopic (exact) mass is 245 g/mol. The molecule has 1 aliphatic carbocycles. The molecule has 0 amide bonds. The van der Waals surface area contributed by atoms with Crippen molar-refractivity contribution in [3.05, 3.63) is 23.8 Å². The minimum atomic E-state index is -0.278. The van der Waals surface area contributed by atoms with E-state index in [1.807, 2.05) is 6.07 Å². The van der Waals surface area contributed by atoms with Gasteiger partial charge in [-0.05, 0) is 31.0 Å². The molecule has 4 N–H and O–H groups in total. The fourth-order valence-electron chi connectivity index (χ4n) is 2.60. The van der Waals surface area contributed by atoms with Crippen LogP contribution in [0.15, 0.2) is 18.2 Å². The molecule has 0 saturated heterocycles. The molecule has 0 spiro atoms. The standard InChI is InChI=1S/C14H19N3O/c15-9-11-8-12(16)4-5-13(11)17-14(10-18)6-2-1-3-7-14/h4-5,8,17-18H,1-3,6-7,10,16H2. The first-order valence-corrected chi connectivity index (χ1v) is 6.38. The van der Waals surface area contributed by atoms with Crippen molar-refractivity contribution in [2.75, 3.05) is 17.7 Å². The number of rotatable bonds is 3. The molecule has 4 heteroatoms. The summed E-state index contributed by atoms with van der Waals surface area (Å²) in [6.45, 7) is 0.0994. The number of hydrogen-bond donors (Lipinski definition) is 3. The van der Waals surface area contributed by atoms with Gasteiger partial charge in [-0.15, -0.1) is 0 Å². The van der Waals surface area contributed by atoms with Gasteiger partial charge < -0.3 is 16.2 Å². The molecular formula is C14H19N3O. The zero-order chi connectivity index (χ0) is 13.0. The number of nitrogens with two attached hydrogens (primary N) is 1. The van der Waals surface area contributed by atoms with E-state index in [0.717, 1.165) is 31.4 Å². The maximum atomic E-state index is 9.65. The number of nitriles is 1. The van der Waals surface area contributed by atoms with E-state index in [4.69, 9.17) is 11.0 Å². The lowest BCUT2D eigenvalue weighted by molar-refractivity contribution is 0.173. The maximum Gasteiger partial charge on any atom is 0.101 e. The Morgan fingerprint density at radius 1 is 1.33 bits per heavy atom. The fraction of sp³-hybridized carbons (Fsp3) is 0.500. The normalized spacial score (nSPS) is 18.0. The van der Waals surface area contributed by atoms with Crippen LogP contribution in [0.4, 0.5) is 11.4 Å². The summed E-state index contributed by atoms with van der Waals surface area (Å²) < 4.78 is 0. The van der Waals surface area contributed by atoms with E-state index >= 15 is 0 Å². The number of hydrogen-bond acceptors (Lipinski definition) is 4. The van der Waals surface area contributed by atoms with Gasteiger partial charge in [-0.2, -0.15) is 5.26 Å². The lowest BCUT2D eigenvalue weighted by Gasteiger charge is -2.37. The summed E-state index contributed by atoms with van der Waals surface area (Å²) in [4.78, 5) is 0. The second kappa shape index (κ2) is 5.28. The highest BCUT2D eigenvalue weighted by Gasteiger charge is 2.31. The lowest BCUT2D eigenvalue weighted by Crippen LogP contribution is -2.44. The molecule has 0 aliphatic heterocycles. The van der Waals surface area contributed by atoms with Gasteiger partial charge in [0.2, 0.25) is 0 Å². The Morgan fingerprint density at radius 2 is 2.06 bits per heavy atom. The van der Waals surface area contributed by atoms with Crippen molar-refractivity contribution in [2.24, 2.45) is 0 Å². The third-order valence-corrected chi connectivity index (χ3v) is 3.68. The molecule has 1 aromatic carbocycles. The maximum absolute atomic E-state index is 9.65. The van der Waals surface area contributed by atoms with Crippen molar-refractivity contribution in [1.82, 2.24) is 0 Å². The third-order valence-electron chi connectivity index (χ3n) is 3.68. The minimum absolute atomic E-state index is 0.0994. The van der Waals surface area contributed by atoms with Crippen LogP contribution in [0.25, 0.3) is 0 Å². The summed E-state index contributed by atoms with van der Waals surface area (Å²) in [6.07, 6.45) is 5.34. The Kier molecular flexibility index (Phi) is 3.73. The number of nitrogens with zero attached hydrogens (tertiary/aromatic N) is 1. The second-order valence-corrected chi connectivity index (χ2v) is 5.04. The Bertz CT molecular complexity index is 459. The summed E-state index contributed by atoms with van der Waals surface area (Å²) in [5.41, 5.74) is 7.28. The van der Waals surface area contributed by atoms with Crippen molar-refractivity contribution < 1.29 is 5.11 Å². The quantitative estimate of drug-likeness (QED) is 0.713. The first-order valence-electron chi connectivity index (χ1n) is 6.38. The van der Waals surface area contributed by atoms with Crippen LogP contribution in [0, 0.1) is 11.3 Å². The van der Waals surface area contributed by atoms with Gasteiger partial charge in [-0.1, -0.05) is 19.3 Å². The van der Waals surface area contributed by atoms with Crippen molar-refractivity contribution in [1.29, 1.82) is 5.26 Å². The van der Waals surface area contributed by atoms with Gasteiger partial charge in [0.25, 0.3) is 0 Å². The number of aliphatic hydroxyl groups is 1. The number of benzene rings is 1. The van der Waals surface area contributed by atoms with E-state index in [9.17, 15) is 5.11 Å². The minimum Gasteiger partial charge on any atom is -0.399 e. The number of nitrogen functional groups attached to an aromatic ring is 1.